The molecule has 0 spiro atoms. The van der Waals surface area contributed by atoms with Crippen LogP contribution in [0, 0.1) is 6.92 Å². The second-order valence-electron chi connectivity index (χ2n) is 4.23. The lowest BCUT2D eigenvalue weighted by atomic mass is 10.2. The smallest absolute Gasteiger partial charge is 0.240 e. The van der Waals surface area contributed by atoms with Crippen LogP contribution in [0.5, 0.6) is 0 Å². The summed E-state index contributed by atoms with van der Waals surface area (Å²) in [6.07, 6.45) is 1.58. The third-order valence-corrected chi connectivity index (χ3v) is 4.07. The van der Waals surface area contributed by atoms with Crippen LogP contribution in [0.4, 0.5) is 0 Å². The molecule has 0 amide bonds. The summed E-state index contributed by atoms with van der Waals surface area (Å²) in [5.74, 6) is 0.587. The SMILES string of the molecule is Cc1nccc(CNS(=O)(=O)c2cccc(CO)c2)n1. The average molecular weight is 293 g/mol. The Bertz CT molecular complexity index is 702. The third kappa shape index (κ3) is 3.60. The van der Waals surface area contributed by atoms with Gasteiger partial charge in [-0.1, -0.05) is 12.1 Å². The number of aryl methyl sites for hydroxylation is 1. The van der Waals surface area contributed by atoms with Crippen LogP contribution < -0.4 is 4.72 Å². The lowest BCUT2D eigenvalue weighted by Crippen LogP contribution is -2.24. The van der Waals surface area contributed by atoms with Crippen LogP contribution in [0.3, 0.4) is 0 Å². The minimum atomic E-state index is -3.63. The van der Waals surface area contributed by atoms with Crippen LogP contribution in [0.25, 0.3) is 0 Å². The van der Waals surface area contributed by atoms with Gasteiger partial charge in [0, 0.05) is 6.20 Å². The predicted molar refractivity (Wildman–Crippen MR) is 73.2 cm³/mol. The molecular formula is C13H15N3O3S. The zero-order chi connectivity index (χ0) is 14.6. The molecule has 7 heteroatoms. The fourth-order valence-electron chi connectivity index (χ4n) is 1.67. The molecule has 0 atom stereocenters. The van der Waals surface area contributed by atoms with Gasteiger partial charge in [-0.2, -0.15) is 0 Å². The third-order valence-electron chi connectivity index (χ3n) is 2.67. The molecule has 1 heterocycles. The number of aliphatic hydroxyl groups is 1. The first-order valence-corrected chi connectivity index (χ1v) is 7.47. The van der Waals surface area contributed by atoms with Crippen molar-refractivity contribution in [1.82, 2.24) is 14.7 Å². The highest BCUT2D eigenvalue weighted by Crippen LogP contribution is 2.12. The van der Waals surface area contributed by atoms with E-state index in [2.05, 4.69) is 14.7 Å². The fraction of sp³-hybridized carbons (Fsp3) is 0.231. The zero-order valence-electron chi connectivity index (χ0n) is 10.9. The summed E-state index contributed by atoms with van der Waals surface area (Å²) < 4.78 is 26.7. The van der Waals surface area contributed by atoms with Gasteiger partial charge in [-0.3, -0.25) is 0 Å². The standard InChI is InChI=1S/C13H15N3O3S/c1-10-14-6-5-12(16-10)8-15-20(18,19)13-4-2-3-11(7-13)9-17/h2-7,15,17H,8-9H2,1H3. The first-order chi connectivity index (χ1) is 9.51. The molecule has 0 bridgehead atoms. The van der Waals surface area contributed by atoms with Gasteiger partial charge in [-0.05, 0) is 30.7 Å². The number of nitrogens with one attached hydrogen (secondary N) is 1. The molecule has 0 saturated heterocycles. The van der Waals surface area contributed by atoms with Crippen LogP contribution in [0.15, 0.2) is 41.4 Å². The molecular weight excluding hydrogens is 278 g/mol. The number of aliphatic hydroxyl groups excluding tert-OH is 1. The summed E-state index contributed by atoms with van der Waals surface area (Å²) >= 11 is 0. The van der Waals surface area contributed by atoms with Crippen molar-refractivity contribution in [3.8, 4) is 0 Å². The highest BCUT2D eigenvalue weighted by Gasteiger charge is 2.14. The van der Waals surface area contributed by atoms with Gasteiger partial charge in [0.15, 0.2) is 0 Å². The molecule has 0 aliphatic carbocycles. The monoisotopic (exact) mass is 293 g/mol. The van der Waals surface area contributed by atoms with Gasteiger partial charge < -0.3 is 5.11 Å². The van der Waals surface area contributed by atoms with E-state index in [9.17, 15) is 8.42 Å². The van der Waals surface area contributed by atoms with Crippen LogP contribution in [-0.2, 0) is 23.2 Å². The normalized spacial score (nSPS) is 11.5. The molecule has 1 aromatic heterocycles. The quantitative estimate of drug-likeness (QED) is 0.849. The molecule has 0 fully saturated rings. The molecule has 2 N–H and O–H groups in total. The highest BCUT2D eigenvalue weighted by atomic mass is 32.2. The first-order valence-electron chi connectivity index (χ1n) is 5.99. The Kier molecular flexibility index (Phi) is 4.43. The minimum Gasteiger partial charge on any atom is -0.392 e. The Hall–Kier alpha value is -1.83. The van der Waals surface area contributed by atoms with E-state index in [1.54, 1.807) is 31.3 Å². The van der Waals surface area contributed by atoms with Crippen molar-refractivity contribution in [3.05, 3.63) is 53.6 Å². The van der Waals surface area contributed by atoms with Crippen LogP contribution in [0.2, 0.25) is 0 Å². The number of rotatable bonds is 5. The second kappa shape index (κ2) is 6.08. The minimum absolute atomic E-state index is 0.0923. The van der Waals surface area contributed by atoms with Crippen LogP contribution >= 0.6 is 0 Å². The van der Waals surface area contributed by atoms with E-state index in [4.69, 9.17) is 5.11 Å². The molecule has 2 rings (SSSR count). The number of aromatic nitrogens is 2. The second-order valence-corrected chi connectivity index (χ2v) is 5.99. The van der Waals surface area contributed by atoms with Gasteiger partial charge in [-0.25, -0.2) is 23.1 Å². The number of hydrogen-bond donors (Lipinski definition) is 2. The molecule has 0 saturated carbocycles. The van der Waals surface area contributed by atoms with Gasteiger partial charge in [0.1, 0.15) is 5.82 Å². The maximum Gasteiger partial charge on any atom is 0.240 e. The Balaban J connectivity index is 2.15. The topological polar surface area (TPSA) is 92.2 Å². The summed E-state index contributed by atoms with van der Waals surface area (Å²) in [6, 6.07) is 7.82. The molecule has 106 valence electrons. The Morgan fingerprint density at radius 1 is 1.30 bits per heavy atom. The Labute approximate surface area is 117 Å². The predicted octanol–water partition coefficient (Wildman–Crippen LogP) is 0.756. The maximum absolute atomic E-state index is 12.1. The van der Waals surface area contributed by atoms with E-state index in [1.807, 2.05) is 0 Å². The van der Waals surface area contributed by atoms with E-state index >= 15 is 0 Å². The van der Waals surface area contributed by atoms with Crippen molar-refractivity contribution in [2.75, 3.05) is 0 Å². The number of benzene rings is 1. The van der Waals surface area contributed by atoms with Gasteiger partial charge in [0.25, 0.3) is 0 Å². The zero-order valence-corrected chi connectivity index (χ0v) is 11.8. The molecule has 0 aliphatic rings. The number of hydrogen-bond acceptors (Lipinski definition) is 5. The molecule has 2 aromatic rings. The maximum atomic E-state index is 12.1. The number of sulfonamides is 1. The number of nitrogens with zero attached hydrogens (tertiary/aromatic N) is 2. The molecule has 6 nitrogen and oxygen atoms in total. The van der Waals surface area contributed by atoms with Gasteiger partial charge in [-0.15, -0.1) is 0 Å². The summed E-state index contributed by atoms with van der Waals surface area (Å²) in [4.78, 5) is 8.19. The molecule has 1 aromatic carbocycles. The van der Waals surface area contributed by atoms with E-state index in [1.165, 1.54) is 12.1 Å². The van der Waals surface area contributed by atoms with E-state index in [-0.39, 0.29) is 18.0 Å². The lowest BCUT2D eigenvalue weighted by molar-refractivity contribution is 0.281. The highest BCUT2D eigenvalue weighted by molar-refractivity contribution is 7.89. The largest absolute Gasteiger partial charge is 0.392 e. The van der Waals surface area contributed by atoms with Crippen LogP contribution in [0.1, 0.15) is 17.1 Å². The summed E-state index contributed by atoms with van der Waals surface area (Å²) in [7, 11) is -3.63. The van der Waals surface area contributed by atoms with Crippen LogP contribution in [-0.4, -0.2) is 23.5 Å². The summed E-state index contributed by atoms with van der Waals surface area (Å²) in [5, 5.41) is 9.03. The van der Waals surface area contributed by atoms with Crippen molar-refractivity contribution in [2.24, 2.45) is 0 Å². The molecule has 20 heavy (non-hydrogen) atoms. The fourth-order valence-corrected chi connectivity index (χ4v) is 2.74. The van der Waals surface area contributed by atoms with Crippen molar-refractivity contribution in [3.63, 3.8) is 0 Å². The average Bonchev–Trinajstić information content (AvgIpc) is 2.45. The lowest BCUT2D eigenvalue weighted by Gasteiger charge is -2.07. The van der Waals surface area contributed by atoms with Crippen molar-refractivity contribution < 1.29 is 13.5 Å². The Morgan fingerprint density at radius 2 is 2.10 bits per heavy atom. The molecule has 0 unspecified atom stereocenters. The van der Waals surface area contributed by atoms with Gasteiger partial charge in [0.05, 0.1) is 23.7 Å². The van der Waals surface area contributed by atoms with E-state index < -0.39 is 10.0 Å². The van der Waals surface area contributed by atoms with Crippen molar-refractivity contribution in [2.45, 2.75) is 25.0 Å². The van der Waals surface area contributed by atoms with Crippen molar-refractivity contribution >= 4 is 10.0 Å². The summed E-state index contributed by atoms with van der Waals surface area (Å²) in [6.45, 7) is 1.63. The van der Waals surface area contributed by atoms with Crippen molar-refractivity contribution in [1.29, 1.82) is 0 Å². The molecule has 0 radical (unpaired) electrons. The summed E-state index contributed by atoms with van der Waals surface area (Å²) in [5.41, 5.74) is 1.14. The first kappa shape index (κ1) is 14.6. The molecule has 0 aliphatic heterocycles. The van der Waals surface area contributed by atoms with E-state index in [0.717, 1.165) is 0 Å². The van der Waals surface area contributed by atoms with Gasteiger partial charge >= 0.3 is 0 Å². The van der Waals surface area contributed by atoms with E-state index in [0.29, 0.717) is 17.1 Å². The Morgan fingerprint density at radius 3 is 2.80 bits per heavy atom. The van der Waals surface area contributed by atoms with Gasteiger partial charge in [0.2, 0.25) is 10.0 Å².